The van der Waals surface area contributed by atoms with Crippen LogP contribution in [-0.4, -0.2) is 0 Å². The van der Waals surface area contributed by atoms with E-state index in [1.807, 2.05) is 6.07 Å². The first-order valence-corrected chi connectivity index (χ1v) is 6.09. The molecule has 4 heteroatoms. The van der Waals surface area contributed by atoms with E-state index in [0.29, 0.717) is 23.8 Å². The highest BCUT2D eigenvalue weighted by molar-refractivity contribution is 7.16. The molecule has 0 atom stereocenters. The molecule has 0 unspecified atom stereocenters. The molecule has 0 bridgehead atoms. The SMILES string of the molecule is N#Cc1sc(-c2ccc3c(c2)COC3)cc1N. The third kappa shape index (κ3) is 1.70. The van der Waals surface area contributed by atoms with Gasteiger partial charge in [-0.05, 0) is 28.8 Å². The van der Waals surface area contributed by atoms with Gasteiger partial charge in [-0.25, -0.2) is 0 Å². The summed E-state index contributed by atoms with van der Waals surface area (Å²) >= 11 is 1.43. The number of ether oxygens (including phenoxy) is 1. The minimum Gasteiger partial charge on any atom is -0.397 e. The number of nitrogens with zero attached hydrogens (tertiary/aromatic N) is 1. The monoisotopic (exact) mass is 242 g/mol. The minimum absolute atomic E-state index is 0.559. The molecule has 2 heterocycles. The molecule has 2 aromatic rings. The van der Waals surface area contributed by atoms with E-state index in [2.05, 4.69) is 24.3 Å². The van der Waals surface area contributed by atoms with Crippen molar-refractivity contribution in [3.05, 3.63) is 40.3 Å². The van der Waals surface area contributed by atoms with Crippen molar-refractivity contribution in [1.29, 1.82) is 5.26 Å². The lowest BCUT2D eigenvalue weighted by Crippen LogP contribution is -1.83. The van der Waals surface area contributed by atoms with Gasteiger partial charge in [-0.1, -0.05) is 12.1 Å². The van der Waals surface area contributed by atoms with E-state index in [-0.39, 0.29) is 0 Å². The number of hydrogen-bond acceptors (Lipinski definition) is 4. The first-order chi connectivity index (χ1) is 8.28. The molecule has 0 saturated carbocycles. The van der Waals surface area contributed by atoms with Gasteiger partial charge in [-0.15, -0.1) is 11.3 Å². The highest BCUT2D eigenvalue weighted by atomic mass is 32.1. The standard InChI is InChI=1S/C13H10N2OS/c14-5-13-11(15)4-12(17-13)8-1-2-9-6-16-7-10(9)3-8/h1-4H,6-7,15H2. The van der Waals surface area contributed by atoms with Crippen LogP contribution in [0.2, 0.25) is 0 Å². The Kier molecular flexibility index (Phi) is 2.36. The summed E-state index contributed by atoms with van der Waals surface area (Å²) in [6.07, 6.45) is 0. The molecular formula is C13H10N2OS. The first-order valence-electron chi connectivity index (χ1n) is 5.27. The van der Waals surface area contributed by atoms with Crippen LogP contribution in [0.3, 0.4) is 0 Å². The summed E-state index contributed by atoms with van der Waals surface area (Å²) in [6, 6.07) is 10.2. The average Bonchev–Trinajstić information content (AvgIpc) is 2.93. The molecule has 3 nitrogen and oxygen atoms in total. The van der Waals surface area contributed by atoms with Gasteiger partial charge in [0, 0.05) is 4.88 Å². The third-order valence-electron chi connectivity index (χ3n) is 2.87. The van der Waals surface area contributed by atoms with E-state index < -0.39 is 0 Å². The lowest BCUT2D eigenvalue weighted by atomic mass is 10.1. The molecule has 1 aliphatic heterocycles. The second kappa shape index (κ2) is 3.88. The Hall–Kier alpha value is -1.83. The normalized spacial score (nSPS) is 13.4. The van der Waals surface area contributed by atoms with Gasteiger partial charge in [0.05, 0.1) is 18.9 Å². The van der Waals surface area contributed by atoms with Gasteiger partial charge in [-0.2, -0.15) is 5.26 Å². The molecule has 3 rings (SSSR count). The summed E-state index contributed by atoms with van der Waals surface area (Å²) < 4.78 is 5.38. The molecule has 84 valence electrons. The van der Waals surface area contributed by atoms with E-state index in [1.54, 1.807) is 0 Å². The van der Waals surface area contributed by atoms with Crippen molar-refractivity contribution in [2.24, 2.45) is 0 Å². The van der Waals surface area contributed by atoms with Crippen molar-refractivity contribution in [3.63, 3.8) is 0 Å². The average molecular weight is 242 g/mol. The maximum atomic E-state index is 8.89. The van der Waals surface area contributed by atoms with Gasteiger partial charge in [0.2, 0.25) is 0 Å². The number of nitrogens with two attached hydrogens (primary N) is 1. The summed E-state index contributed by atoms with van der Waals surface area (Å²) in [7, 11) is 0. The molecule has 1 aliphatic rings. The van der Waals surface area contributed by atoms with Crippen LogP contribution in [0.4, 0.5) is 5.69 Å². The smallest absolute Gasteiger partial charge is 0.128 e. The Labute approximate surface area is 103 Å². The molecule has 1 aromatic heterocycles. The lowest BCUT2D eigenvalue weighted by Gasteiger charge is -2.00. The Bertz CT molecular complexity index is 625. The van der Waals surface area contributed by atoms with Crippen LogP contribution < -0.4 is 5.73 Å². The highest BCUT2D eigenvalue weighted by Crippen LogP contribution is 2.34. The van der Waals surface area contributed by atoms with E-state index >= 15 is 0 Å². The largest absolute Gasteiger partial charge is 0.397 e. The summed E-state index contributed by atoms with van der Waals surface area (Å²) in [4.78, 5) is 1.62. The Morgan fingerprint density at radius 1 is 1.24 bits per heavy atom. The van der Waals surface area contributed by atoms with Crippen LogP contribution in [-0.2, 0) is 18.0 Å². The van der Waals surface area contributed by atoms with Crippen LogP contribution in [0.5, 0.6) is 0 Å². The Morgan fingerprint density at radius 3 is 2.82 bits per heavy atom. The third-order valence-corrected chi connectivity index (χ3v) is 3.97. The van der Waals surface area contributed by atoms with Crippen molar-refractivity contribution >= 4 is 17.0 Å². The fourth-order valence-electron chi connectivity index (χ4n) is 1.96. The molecule has 0 saturated heterocycles. The minimum atomic E-state index is 0.559. The molecule has 0 radical (unpaired) electrons. The lowest BCUT2D eigenvalue weighted by molar-refractivity contribution is 0.134. The van der Waals surface area contributed by atoms with Crippen molar-refractivity contribution < 1.29 is 4.74 Å². The first kappa shape index (κ1) is 10.3. The van der Waals surface area contributed by atoms with Gasteiger partial charge in [0.15, 0.2) is 0 Å². The number of anilines is 1. The van der Waals surface area contributed by atoms with E-state index in [9.17, 15) is 0 Å². The molecule has 0 fully saturated rings. The van der Waals surface area contributed by atoms with Crippen molar-refractivity contribution in [2.75, 3.05) is 5.73 Å². The number of rotatable bonds is 1. The quantitative estimate of drug-likeness (QED) is 0.836. The molecule has 0 spiro atoms. The number of hydrogen-bond donors (Lipinski definition) is 1. The van der Waals surface area contributed by atoms with Crippen molar-refractivity contribution in [1.82, 2.24) is 0 Å². The zero-order chi connectivity index (χ0) is 11.8. The maximum absolute atomic E-state index is 8.89. The number of nitrogen functional groups attached to an aromatic ring is 1. The van der Waals surface area contributed by atoms with Crippen LogP contribution in [0.25, 0.3) is 10.4 Å². The summed E-state index contributed by atoms with van der Waals surface area (Å²) in [6.45, 7) is 1.38. The number of benzene rings is 1. The second-order valence-corrected chi connectivity index (χ2v) is 5.04. The number of nitriles is 1. The zero-order valence-corrected chi connectivity index (χ0v) is 9.88. The van der Waals surface area contributed by atoms with Crippen LogP contribution >= 0.6 is 11.3 Å². The maximum Gasteiger partial charge on any atom is 0.128 e. The number of thiophene rings is 1. The summed E-state index contributed by atoms with van der Waals surface area (Å²) in [5.41, 5.74) is 9.91. The van der Waals surface area contributed by atoms with E-state index in [4.69, 9.17) is 15.7 Å². The molecule has 0 amide bonds. The molecule has 0 aliphatic carbocycles. The molecule has 17 heavy (non-hydrogen) atoms. The van der Waals surface area contributed by atoms with E-state index in [1.165, 1.54) is 22.5 Å². The van der Waals surface area contributed by atoms with Crippen LogP contribution in [0, 0.1) is 11.3 Å². The van der Waals surface area contributed by atoms with Gasteiger partial charge >= 0.3 is 0 Å². The van der Waals surface area contributed by atoms with E-state index in [0.717, 1.165) is 10.4 Å². The highest BCUT2D eigenvalue weighted by Gasteiger charge is 2.13. The van der Waals surface area contributed by atoms with Gasteiger partial charge in [-0.3, -0.25) is 0 Å². The number of fused-ring (bicyclic) bond motifs is 1. The van der Waals surface area contributed by atoms with Gasteiger partial charge in [0.25, 0.3) is 0 Å². The predicted molar refractivity (Wildman–Crippen MR) is 67.4 cm³/mol. The fraction of sp³-hybridized carbons (Fsp3) is 0.154. The van der Waals surface area contributed by atoms with Crippen molar-refractivity contribution in [3.8, 4) is 16.5 Å². The van der Waals surface area contributed by atoms with Crippen LogP contribution in [0.1, 0.15) is 16.0 Å². The second-order valence-electron chi connectivity index (χ2n) is 3.98. The van der Waals surface area contributed by atoms with Gasteiger partial charge < -0.3 is 10.5 Å². The molecular weight excluding hydrogens is 232 g/mol. The molecule has 2 N–H and O–H groups in total. The predicted octanol–water partition coefficient (Wildman–Crippen LogP) is 2.90. The Balaban J connectivity index is 2.07. The van der Waals surface area contributed by atoms with Gasteiger partial charge in [0.1, 0.15) is 10.9 Å². The Morgan fingerprint density at radius 2 is 2.06 bits per heavy atom. The van der Waals surface area contributed by atoms with Crippen molar-refractivity contribution in [2.45, 2.75) is 13.2 Å². The fourth-order valence-corrected chi connectivity index (χ4v) is 2.83. The molecule has 1 aromatic carbocycles. The zero-order valence-electron chi connectivity index (χ0n) is 9.06. The summed E-state index contributed by atoms with van der Waals surface area (Å²) in [5, 5.41) is 8.89. The summed E-state index contributed by atoms with van der Waals surface area (Å²) in [5.74, 6) is 0. The van der Waals surface area contributed by atoms with Crippen LogP contribution in [0.15, 0.2) is 24.3 Å². The topological polar surface area (TPSA) is 59.0 Å².